The van der Waals surface area contributed by atoms with E-state index < -0.39 is 10.0 Å². The van der Waals surface area contributed by atoms with E-state index in [1.807, 2.05) is 0 Å². The summed E-state index contributed by atoms with van der Waals surface area (Å²) in [7, 11) is -3.53. The molecule has 0 aromatic heterocycles. The van der Waals surface area contributed by atoms with Crippen LogP contribution in [0.5, 0.6) is 0 Å². The van der Waals surface area contributed by atoms with E-state index >= 15 is 0 Å². The molecule has 21 heavy (non-hydrogen) atoms. The normalized spacial score (nSPS) is 11.5. The highest BCUT2D eigenvalue weighted by atomic mass is 32.2. The van der Waals surface area contributed by atoms with Crippen molar-refractivity contribution in [3.63, 3.8) is 0 Å². The van der Waals surface area contributed by atoms with Gasteiger partial charge in [-0.2, -0.15) is 0 Å². The van der Waals surface area contributed by atoms with Gasteiger partial charge in [0, 0.05) is 18.7 Å². The van der Waals surface area contributed by atoms with Crippen LogP contribution in [-0.4, -0.2) is 33.2 Å². The summed E-state index contributed by atoms with van der Waals surface area (Å²) >= 11 is 4.90. The molecule has 0 bridgehead atoms. The maximum atomic E-state index is 12.1. The molecule has 0 aliphatic heterocycles. The predicted molar refractivity (Wildman–Crippen MR) is 88.0 cm³/mol. The number of thiocarbonyl (C=S) groups is 1. The van der Waals surface area contributed by atoms with Crippen LogP contribution in [0.1, 0.15) is 30.9 Å². The number of nitrogens with two attached hydrogens (primary N) is 1. The van der Waals surface area contributed by atoms with Gasteiger partial charge in [0.2, 0.25) is 10.0 Å². The van der Waals surface area contributed by atoms with Gasteiger partial charge in [0.15, 0.2) is 0 Å². The van der Waals surface area contributed by atoms with Crippen molar-refractivity contribution in [3.05, 3.63) is 29.3 Å². The third-order valence-corrected chi connectivity index (χ3v) is 4.63. The molecule has 0 saturated carbocycles. The number of hydrogen-bond acceptors (Lipinski definition) is 4. The standard InChI is InChI=1S/C14H22N2O3S2/c1-3-4-8-19-9-7-16-21(17,18)12-5-6-13(14(15)20)11(2)10-12/h5-6,10,16H,3-4,7-9H2,1-2H3,(H2,15,20). The maximum absolute atomic E-state index is 12.1. The predicted octanol–water partition coefficient (Wildman–Crippen LogP) is 1.72. The molecule has 0 saturated heterocycles. The highest BCUT2D eigenvalue weighted by molar-refractivity contribution is 7.89. The second-order valence-corrected chi connectivity index (χ2v) is 6.91. The van der Waals surface area contributed by atoms with Crippen molar-refractivity contribution in [1.29, 1.82) is 0 Å². The first-order chi connectivity index (χ1) is 9.88. The summed E-state index contributed by atoms with van der Waals surface area (Å²) in [5, 5.41) is 0. The van der Waals surface area contributed by atoms with E-state index in [0.29, 0.717) is 18.8 Å². The minimum atomic E-state index is -3.53. The Labute approximate surface area is 131 Å². The summed E-state index contributed by atoms with van der Waals surface area (Å²) in [5.41, 5.74) is 6.99. The minimum Gasteiger partial charge on any atom is -0.389 e. The smallest absolute Gasteiger partial charge is 0.240 e. The van der Waals surface area contributed by atoms with Gasteiger partial charge >= 0.3 is 0 Å². The van der Waals surface area contributed by atoms with Gasteiger partial charge in [-0.25, -0.2) is 13.1 Å². The van der Waals surface area contributed by atoms with E-state index in [-0.39, 0.29) is 16.4 Å². The molecular formula is C14H22N2O3S2. The molecule has 3 N–H and O–H groups in total. The lowest BCUT2D eigenvalue weighted by molar-refractivity contribution is 0.136. The summed E-state index contributed by atoms with van der Waals surface area (Å²) in [6.45, 7) is 5.12. The minimum absolute atomic E-state index is 0.202. The SMILES string of the molecule is CCCCOCCNS(=O)(=O)c1ccc(C(N)=S)c(C)c1. The average Bonchev–Trinajstić information content (AvgIpc) is 2.42. The van der Waals surface area contributed by atoms with Gasteiger partial charge in [0.25, 0.3) is 0 Å². The number of rotatable bonds is 9. The third-order valence-electron chi connectivity index (χ3n) is 2.95. The molecule has 0 radical (unpaired) electrons. The largest absolute Gasteiger partial charge is 0.389 e. The van der Waals surface area contributed by atoms with Gasteiger partial charge < -0.3 is 10.5 Å². The Balaban J connectivity index is 2.62. The fourth-order valence-corrected chi connectivity index (χ4v) is 3.09. The zero-order valence-corrected chi connectivity index (χ0v) is 14.0. The van der Waals surface area contributed by atoms with E-state index in [1.54, 1.807) is 19.1 Å². The van der Waals surface area contributed by atoms with Crippen molar-refractivity contribution in [2.45, 2.75) is 31.6 Å². The zero-order valence-electron chi connectivity index (χ0n) is 12.4. The molecule has 0 unspecified atom stereocenters. The molecule has 1 aromatic carbocycles. The molecular weight excluding hydrogens is 308 g/mol. The Morgan fingerprint density at radius 3 is 2.67 bits per heavy atom. The van der Waals surface area contributed by atoms with Crippen molar-refractivity contribution in [2.24, 2.45) is 5.73 Å². The van der Waals surface area contributed by atoms with Crippen LogP contribution in [0.2, 0.25) is 0 Å². The molecule has 7 heteroatoms. The molecule has 0 aliphatic rings. The highest BCUT2D eigenvalue weighted by Crippen LogP contribution is 2.15. The second-order valence-electron chi connectivity index (χ2n) is 4.70. The van der Waals surface area contributed by atoms with Gasteiger partial charge in [0.05, 0.1) is 11.5 Å². The first-order valence-electron chi connectivity index (χ1n) is 6.86. The molecule has 1 aromatic rings. The summed E-state index contributed by atoms with van der Waals surface area (Å²) in [5.74, 6) is 0. The highest BCUT2D eigenvalue weighted by Gasteiger charge is 2.15. The fraction of sp³-hybridized carbons (Fsp3) is 0.500. The van der Waals surface area contributed by atoms with E-state index in [0.717, 1.165) is 18.4 Å². The molecule has 0 aliphatic carbocycles. The van der Waals surface area contributed by atoms with Gasteiger partial charge in [-0.3, -0.25) is 0 Å². The van der Waals surface area contributed by atoms with Crippen LogP contribution in [0.25, 0.3) is 0 Å². The van der Waals surface area contributed by atoms with Crippen LogP contribution >= 0.6 is 12.2 Å². The van der Waals surface area contributed by atoms with E-state index in [9.17, 15) is 8.42 Å². The molecule has 118 valence electrons. The van der Waals surface area contributed by atoms with Crippen molar-refractivity contribution in [1.82, 2.24) is 4.72 Å². The fourth-order valence-electron chi connectivity index (χ4n) is 1.76. The summed E-state index contributed by atoms with van der Waals surface area (Å²) in [6.07, 6.45) is 2.03. The topological polar surface area (TPSA) is 81.4 Å². The lowest BCUT2D eigenvalue weighted by Gasteiger charge is -2.10. The number of ether oxygens (including phenoxy) is 1. The Hall–Kier alpha value is -1.02. The Kier molecular flexibility index (Phi) is 7.24. The Morgan fingerprint density at radius 2 is 2.10 bits per heavy atom. The number of aryl methyl sites for hydroxylation is 1. The molecule has 0 heterocycles. The zero-order chi connectivity index (χ0) is 15.9. The number of benzene rings is 1. The lowest BCUT2D eigenvalue weighted by atomic mass is 10.1. The number of sulfonamides is 1. The molecule has 0 fully saturated rings. The molecule has 5 nitrogen and oxygen atoms in total. The van der Waals surface area contributed by atoms with Crippen LogP contribution in [-0.2, 0) is 14.8 Å². The van der Waals surface area contributed by atoms with Crippen molar-refractivity contribution < 1.29 is 13.2 Å². The van der Waals surface area contributed by atoms with E-state index in [4.69, 9.17) is 22.7 Å². The van der Waals surface area contributed by atoms with Crippen LogP contribution < -0.4 is 10.5 Å². The number of nitrogens with one attached hydrogen (secondary N) is 1. The van der Waals surface area contributed by atoms with Crippen LogP contribution in [0, 0.1) is 6.92 Å². The molecule has 0 atom stereocenters. The Morgan fingerprint density at radius 1 is 1.38 bits per heavy atom. The van der Waals surface area contributed by atoms with Crippen LogP contribution in [0.15, 0.2) is 23.1 Å². The molecule has 1 rings (SSSR count). The lowest BCUT2D eigenvalue weighted by Crippen LogP contribution is -2.27. The van der Waals surface area contributed by atoms with Gasteiger partial charge in [0.1, 0.15) is 4.99 Å². The van der Waals surface area contributed by atoms with Crippen LogP contribution in [0.4, 0.5) is 0 Å². The summed E-state index contributed by atoms with van der Waals surface area (Å²) < 4.78 is 32.1. The van der Waals surface area contributed by atoms with Gasteiger partial charge in [-0.15, -0.1) is 0 Å². The number of hydrogen-bond donors (Lipinski definition) is 2. The van der Waals surface area contributed by atoms with Crippen molar-refractivity contribution >= 4 is 27.2 Å². The molecule has 0 amide bonds. The third kappa shape index (κ3) is 5.70. The Bertz CT molecular complexity index is 586. The van der Waals surface area contributed by atoms with E-state index in [1.165, 1.54) is 6.07 Å². The van der Waals surface area contributed by atoms with Gasteiger partial charge in [-0.1, -0.05) is 31.6 Å². The monoisotopic (exact) mass is 330 g/mol. The van der Waals surface area contributed by atoms with E-state index in [2.05, 4.69) is 11.6 Å². The number of unbranched alkanes of at least 4 members (excludes halogenated alkanes) is 1. The first-order valence-corrected chi connectivity index (χ1v) is 8.75. The summed E-state index contributed by atoms with van der Waals surface area (Å²) in [6, 6.07) is 4.69. The van der Waals surface area contributed by atoms with Crippen LogP contribution in [0.3, 0.4) is 0 Å². The molecule has 0 spiro atoms. The quantitative estimate of drug-likeness (QED) is 0.532. The van der Waals surface area contributed by atoms with Gasteiger partial charge in [-0.05, 0) is 31.0 Å². The maximum Gasteiger partial charge on any atom is 0.240 e. The first kappa shape index (κ1) is 18.0. The second kappa shape index (κ2) is 8.43. The average molecular weight is 330 g/mol. The van der Waals surface area contributed by atoms with Crippen molar-refractivity contribution in [2.75, 3.05) is 19.8 Å². The van der Waals surface area contributed by atoms with Crippen molar-refractivity contribution in [3.8, 4) is 0 Å². The summed E-state index contributed by atoms with van der Waals surface area (Å²) in [4.78, 5) is 0.460.